The number of methoxy groups -OCH3 is 1. The third kappa shape index (κ3) is 4.32. The maximum atomic E-state index is 11.8. The normalized spacial score (nSPS) is 14.2. The molecule has 5 rings (SSSR count). The van der Waals surface area contributed by atoms with Gasteiger partial charge in [0.05, 0.1) is 38.7 Å². The van der Waals surface area contributed by atoms with Gasteiger partial charge in [-0.3, -0.25) is 9.48 Å². The van der Waals surface area contributed by atoms with Gasteiger partial charge in [-0.05, 0) is 12.1 Å². The molecule has 1 aliphatic heterocycles. The van der Waals surface area contributed by atoms with Crippen LogP contribution in [0, 0.1) is 0 Å². The Morgan fingerprint density at radius 3 is 2.94 bits per heavy atom. The standard InChI is InChI=1S/C21H23N9O3/c1-32-17-4-2-3-15-19(23-21(22)24-20(15)17)16-12-30(27-25-16)11-14-5-6-29(26-14)8-7-28-9-10-33-13-18(28)31/h2-6,12H,7-11,13H2,1H3,(H2,22,23,24). The Hall–Kier alpha value is -4.06. The summed E-state index contributed by atoms with van der Waals surface area (Å²) >= 11 is 0. The second kappa shape index (κ2) is 8.82. The molecule has 33 heavy (non-hydrogen) atoms. The Morgan fingerprint density at radius 1 is 1.18 bits per heavy atom. The summed E-state index contributed by atoms with van der Waals surface area (Å²) in [7, 11) is 1.58. The summed E-state index contributed by atoms with van der Waals surface area (Å²) in [5, 5.41) is 13.9. The van der Waals surface area contributed by atoms with Crippen LogP contribution in [-0.4, -0.2) is 79.0 Å². The maximum Gasteiger partial charge on any atom is 0.248 e. The highest BCUT2D eigenvalue weighted by Crippen LogP contribution is 2.30. The van der Waals surface area contributed by atoms with Gasteiger partial charge in [0.25, 0.3) is 0 Å². The second-order valence-electron chi connectivity index (χ2n) is 7.59. The van der Waals surface area contributed by atoms with Gasteiger partial charge >= 0.3 is 0 Å². The van der Waals surface area contributed by atoms with E-state index in [1.54, 1.807) is 22.9 Å². The number of morpholine rings is 1. The number of aromatic nitrogens is 7. The summed E-state index contributed by atoms with van der Waals surface area (Å²) < 4.78 is 14.1. The number of carbonyl (C=O) groups excluding carboxylic acids is 1. The number of para-hydroxylation sites is 1. The molecule has 1 aromatic carbocycles. The molecule has 4 aromatic rings. The van der Waals surface area contributed by atoms with Gasteiger partial charge in [-0.2, -0.15) is 5.10 Å². The number of benzene rings is 1. The Labute approximate surface area is 188 Å². The summed E-state index contributed by atoms with van der Waals surface area (Å²) in [6.07, 6.45) is 3.69. The zero-order valence-corrected chi connectivity index (χ0v) is 18.1. The van der Waals surface area contributed by atoms with E-state index in [0.29, 0.717) is 55.4 Å². The fourth-order valence-electron chi connectivity index (χ4n) is 3.78. The third-order valence-corrected chi connectivity index (χ3v) is 5.41. The van der Waals surface area contributed by atoms with Crippen LogP contribution in [0.5, 0.6) is 5.75 Å². The molecule has 170 valence electrons. The molecule has 0 unspecified atom stereocenters. The minimum atomic E-state index is 0.0132. The van der Waals surface area contributed by atoms with Crippen molar-refractivity contribution in [2.45, 2.75) is 13.1 Å². The van der Waals surface area contributed by atoms with Crippen LogP contribution in [0.2, 0.25) is 0 Å². The van der Waals surface area contributed by atoms with Gasteiger partial charge in [-0.15, -0.1) is 5.10 Å². The lowest BCUT2D eigenvalue weighted by atomic mass is 10.1. The van der Waals surface area contributed by atoms with E-state index in [1.165, 1.54) is 0 Å². The number of hydrogen-bond acceptors (Lipinski definition) is 9. The van der Waals surface area contributed by atoms with Crippen LogP contribution in [0.25, 0.3) is 22.3 Å². The Bertz CT molecular complexity index is 1300. The molecule has 1 saturated heterocycles. The number of nitrogens with two attached hydrogens (primary N) is 1. The summed E-state index contributed by atoms with van der Waals surface area (Å²) in [6.45, 7) is 3.00. The van der Waals surface area contributed by atoms with E-state index in [0.717, 1.165) is 11.1 Å². The van der Waals surface area contributed by atoms with Crippen molar-refractivity contribution in [3.8, 4) is 17.1 Å². The highest BCUT2D eigenvalue weighted by atomic mass is 16.5. The molecular weight excluding hydrogens is 426 g/mol. The van der Waals surface area contributed by atoms with E-state index in [9.17, 15) is 4.79 Å². The van der Waals surface area contributed by atoms with Crippen LogP contribution in [0.3, 0.4) is 0 Å². The van der Waals surface area contributed by atoms with E-state index in [2.05, 4.69) is 25.4 Å². The molecule has 4 heterocycles. The first-order valence-electron chi connectivity index (χ1n) is 10.5. The number of nitrogens with zero attached hydrogens (tertiary/aromatic N) is 8. The average Bonchev–Trinajstić information content (AvgIpc) is 3.47. The van der Waals surface area contributed by atoms with Gasteiger partial charge in [0.15, 0.2) is 0 Å². The van der Waals surface area contributed by atoms with Crippen molar-refractivity contribution in [2.24, 2.45) is 0 Å². The predicted octanol–water partition coefficient (Wildman–Crippen LogP) is 0.583. The SMILES string of the molecule is COc1cccc2c(-c3cn(Cc4ccn(CCN5CCOCC5=O)n4)nn3)nc(N)nc12. The minimum absolute atomic E-state index is 0.0132. The van der Waals surface area contributed by atoms with Crippen LogP contribution in [0.15, 0.2) is 36.7 Å². The first-order chi connectivity index (χ1) is 16.1. The first kappa shape index (κ1) is 20.8. The zero-order chi connectivity index (χ0) is 22.8. The van der Waals surface area contributed by atoms with Gasteiger partial charge in [-0.1, -0.05) is 17.3 Å². The number of amides is 1. The van der Waals surface area contributed by atoms with Crippen LogP contribution < -0.4 is 10.5 Å². The molecule has 0 bridgehead atoms. The third-order valence-electron chi connectivity index (χ3n) is 5.41. The molecule has 1 fully saturated rings. The lowest BCUT2D eigenvalue weighted by Crippen LogP contribution is -2.43. The fraction of sp³-hybridized carbons (Fsp3) is 0.333. The van der Waals surface area contributed by atoms with Crippen molar-refractivity contribution in [3.63, 3.8) is 0 Å². The largest absolute Gasteiger partial charge is 0.494 e. The Balaban J connectivity index is 1.31. The number of fused-ring (bicyclic) bond motifs is 1. The van der Waals surface area contributed by atoms with Crippen molar-refractivity contribution in [1.29, 1.82) is 0 Å². The summed E-state index contributed by atoms with van der Waals surface area (Å²) in [6, 6.07) is 7.50. The molecule has 0 saturated carbocycles. The summed E-state index contributed by atoms with van der Waals surface area (Å²) in [5.74, 6) is 0.757. The number of ether oxygens (including phenoxy) is 2. The van der Waals surface area contributed by atoms with Crippen molar-refractivity contribution in [2.75, 3.05) is 39.1 Å². The molecule has 12 heteroatoms. The van der Waals surface area contributed by atoms with Crippen molar-refractivity contribution in [3.05, 3.63) is 42.4 Å². The van der Waals surface area contributed by atoms with Crippen LogP contribution >= 0.6 is 0 Å². The number of anilines is 1. The molecule has 1 aliphatic rings. The van der Waals surface area contributed by atoms with Crippen molar-refractivity contribution in [1.82, 2.24) is 39.6 Å². The van der Waals surface area contributed by atoms with Gasteiger partial charge < -0.3 is 20.1 Å². The average molecular weight is 449 g/mol. The van der Waals surface area contributed by atoms with Gasteiger partial charge in [-0.25, -0.2) is 14.6 Å². The van der Waals surface area contributed by atoms with Gasteiger partial charge in [0.2, 0.25) is 11.9 Å². The van der Waals surface area contributed by atoms with E-state index in [4.69, 9.17) is 15.2 Å². The lowest BCUT2D eigenvalue weighted by molar-refractivity contribution is -0.142. The summed E-state index contributed by atoms with van der Waals surface area (Å²) in [4.78, 5) is 22.3. The van der Waals surface area contributed by atoms with E-state index < -0.39 is 0 Å². The van der Waals surface area contributed by atoms with Crippen LogP contribution in [0.4, 0.5) is 5.95 Å². The highest BCUT2D eigenvalue weighted by Gasteiger charge is 2.18. The van der Waals surface area contributed by atoms with Crippen molar-refractivity contribution >= 4 is 22.8 Å². The second-order valence-corrected chi connectivity index (χ2v) is 7.59. The fourth-order valence-corrected chi connectivity index (χ4v) is 3.78. The smallest absolute Gasteiger partial charge is 0.248 e. The Kier molecular flexibility index (Phi) is 5.57. The van der Waals surface area contributed by atoms with E-state index in [1.807, 2.05) is 35.1 Å². The highest BCUT2D eigenvalue weighted by molar-refractivity contribution is 5.95. The topological polar surface area (TPSA) is 139 Å². The van der Waals surface area contributed by atoms with Gasteiger partial charge in [0, 0.05) is 24.7 Å². The molecular formula is C21H23N9O3. The first-order valence-corrected chi connectivity index (χ1v) is 10.5. The molecule has 1 amide bonds. The maximum absolute atomic E-state index is 11.8. The summed E-state index contributed by atoms with van der Waals surface area (Å²) in [5.41, 5.74) is 8.54. The van der Waals surface area contributed by atoms with Crippen LogP contribution in [0.1, 0.15) is 5.69 Å². The van der Waals surface area contributed by atoms with E-state index >= 15 is 0 Å². The van der Waals surface area contributed by atoms with Crippen molar-refractivity contribution < 1.29 is 14.3 Å². The Morgan fingerprint density at radius 2 is 2.09 bits per heavy atom. The predicted molar refractivity (Wildman–Crippen MR) is 118 cm³/mol. The monoisotopic (exact) mass is 449 g/mol. The van der Waals surface area contributed by atoms with Gasteiger partial charge in [0.1, 0.15) is 29.3 Å². The molecule has 0 radical (unpaired) electrons. The lowest BCUT2D eigenvalue weighted by Gasteiger charge is -2.26. The molecule has 2 N–H and O–H groups in total. The number of hydrogen-bond donors (Lipinski definition) is 1. The molecule has 0 spiro atoms. The van der Waals surface area contributed by atoms with E-state index in [-0.39, 0.29) is 18.5 Å². The quantitative estimate of drug-likeness (QED) is 0.429. The molecule has 0 aliphatic carbocycles. The molecule has 12 nitrogen and oxygen atoms in total. The zero-order valence-electron chi connectivity index (χ0n) is 18.1. The number of nitrogen functional groups attached to an aromatic ring is 1. The minimum Gasteiger partial charge on any atom is -0.494 e. The number of rotatable bonds is 7. The van der Waals surface area contributed by atoms with Crippen LogP contribution in [-0.2, 0) is 22.6 Å². The number of carbonyl (C=O) groups is 1. The molecule has 0 atom stereocenters. The molecule has 3 aromatic heterocycles.